The van der Waals surface area contributed by atoms with Crippen LogP contribution in [0.5, 0.6) is 0 Å². The SMILES string of the molecule is NC(=O)C1CCN(C(=O)C(Br)Cc2ccccc2F)CC1. The number of likely N-dealkylation sites (tertiary alicyclic amines) is 1. The van der Waals surface area contributed by atoms with Crippen molar-refractivity contribution in [1.29, 1.82) is 0 Å². The van der Waals surface area contributed by atoms with Gasteiger partial charge in [-0.15, -0.1) is 0 Å². The molecule has 1 aliphatic heterocycles. The summed E-state index contributed by atoms with van der Waals surface area (Å²) in [5.41, 5.74) is 5.79. The Morgan fingerprint density at radius 3 is 2.52 bits per heavy atom. The largest absolute Gasteiger partial charge is 0.369 e. The van der Waals surface area contributed by atoms with Crippen molar-refractivity contribution in [2.75, 3.05) is 13.1 Å². The van der Waals surface area contributed by atoms with E-state index in [-0.39, 0.29) is 23.5 Å². The summed E-state index contributed by atoms with van der Waals surface area (Å²) >= 11 is 3.34. The van der Waals surface area contributed by atoms with Crippen LogP contribution in [0, 0.1) is 11.7 Å². The molecule has 2 N–H and O–H groups in total. The van der Waals surface area contributed by atoms with E-state index < -0.39 is 4.83 Å². The Kier molecular flexibility index (Phi) is 5.33. The molecule has 1 aromatic carbocycles. The summed E-state index contributed by atoms with van der Waals surface area (Å²) < 4.78 is 13.6. The number of piperidine rings is 1. The lowest BCUT2D eigenvalue weighted by atomic mass is 9.96. The van der Waals surface area contributed by atoms with Gasteiger partial charge >= 0.3 is 0 Å². The molecule has 6 heteroatoms. The predicted octanol–water partition coefficient (Wildman–Crippen LogP) is 1.86. The number of hydrogen-bond donors (Lipinski definition) is 1. The fourth-order valence-electron chi connectivity index (χ4n) is 2.53. The van der Waals surface area contributed by atoms with Gasteiger partial charge in [-0.25, -0.2) is 4.39 Å². The van der Waals surface area contributed by atoms with Gasteiger partial charge in [0, 0.05) is 19.0 Å². The van der Waals surface area contributed by atoms with Crippen molar-refractivity contribution >= 4 is 27.7 Å². The number of alkyl halides is 1. The zero-order valence-electron chi connectivity index (χ0n) is 11.6. The first-order valence-corrected chi connectivity index (χ1v) is 7.86. The van der Waals surface area contributed by atoms with Crippen LogP contribution in [0.3, 0.4) is 0 Å². The number of primary amides is 1. The molecule has 1 unspecified atom stereocenters. The minimum Gasteiger partial charge on any atom is -0.369 e. The first kappa shape index (κ1) is 15.9. The van der Waals surface area contributed by atoms with E-state index in [0.29, 0.717) is 37.9 Å². The Labute approximate surface area is 131 Å². The maximum atomic E-state index is 13.6. The molecule has 0 spiro atoms. The standard InChI is InChI=1S/C15H18BrFN2O2/c16-12(9-11-3-1-2-4-13(11)17)15(21)19-7-5-10(6-8-19)14(18)20/h1-4,10,12H,5-9H2,(H2,18,20). The fraction of sp³-hybridized carbons (Fsp3) is 0.467. The van der Waals surface area contributed by atoms with Crippen molar-refractivity contribution in [2.24, 2.45) is 11.7 Å². The van der Waals surface area contributed by atoms with Crippen molar-refractivity contribution in [3.05, 3.63) is 35.6 Å². The molecule has 4 nitrogen and oxygen atoms in total. The molecule has 1 aliphatic rings. The molecule has 2 rings (SSSR count). The molecule has 1 saturated heterocycles. The molecule has 0 radical (unpaired) electrons. The van der Waals surface area contributed by atoms with Gasteiger partial charge in [-0.05, 0) is 30.9 Å². The van der Waals surface area contributed by atoms with Gasteiger partial charge in [-0.3, -0.25) is 9.59 Å². The van der Waals surface area contributed by atoms with Crippen LogP contribution < -0.4 is 5.73 Å². The van der Waals surface area contributed by atoms with Crippen LogP contribution in [0.25, 0.3) is 0 Å². The lowest BCUT2D eigenvalue weighted by Gasteiger charge is -2.32. The van der Waals surface area contributed by atoms with Crippen LogP contribution in [0.1, 0.15) is 18.4 Å². The van der Waals surface area contributed by atoms with Gasteiger partial charge in [-0.1, -0.05) is 34.1 Å². The molecule has 1 heterocycles. The van der Waals surface area contributed by atoms with E-state index in [4.69, 9.17) is 5.73 Å². The Balaban J connectivity index is 1.92. The average Bonchev–Trinajstić information content (AvgIpc) is 2.49. The van der Waals surface area contributed by atoms with Gasteiger partial charge in [0.15, 0.2) is 0 Å². The summed E-state index contributed by atoms with van der Waals surface area (Å²) in [7, 11) is 0. The zero-order chi connectivity index (χ0) is 15.4. The minimum absolute atomic E-state index is 0.0684. The quantitative estimate of drug-likeness (QED) is 0.836. The molecule has 0 bridgehead atoms. The van der Waals surface area contributed by atoms with E-state index in [1.807, 2.05) is 0 Å². The van der Waals surface area contributed by atoms with Crippen LogP contribution in [-0.4, -0.2) is 34.6 Å². The molecule has 1 fully saturated rings. The minimum atomic E-state index is -0.459. The number of carbonyl (C=O) groups excluding carboxylic acids is 2. The number of benzene rings is 1. The van der Waals surface area contributed by atoms with Gasteiger partial charge in [0.2, 0.25) is 11.8 Å². The number of hydrogen-bond acceptors (Lipinski definition) is 2. The predicted molar refractivity (Wildman–Crippen MR) is 81.3 cm³/mol. The highest BCUT2D eigenvalue weighted by atomic mass is 79.9. The number of halogens is 2. The summed E-state index contributed by atoms with van der Waals surface area (Å²) in [5, 5.41) is 0. The number of nitrogens with zero attached hydrogens (tertiary/aromatic N) is 1. The van der Waals surface area contributed by atoms with Gasteiger partial charge in [0.25, 0.3) is 0 Å². The molecule has 114 valence electrons. The molecule has 1 atom stereocenters. The monoisotopic (exact) mass is 356 g/mol. The van der Waals surface area contributed by atoms with Crippen LogP contribution in [0.15, 0.2) is 24.3 Å². The number of carbonyl (C=O) groups is 2. The Bertz CT molecular complexity index is 530. The average molecular weight is 357 g/mol. The van der Waals surface area contributed by atoms with E-state index in [9.17, 15) is 14.0 Å². The highest BCUT2D eigenvalue weighted by molar-refractivity contribution is 9.10. The summed E-state index contributed by atoms with van der Waals surface area (Å²) in [6.07, 6.45) is 1.50. The molecule has 0 aliphatic carbocycles. The third-order valence-corrected chi connectivity index (χ3v) is 4.55. The van der Waals surface area contributed by atoms with Crippen molar-refractivity contribution in [3.63, 3.8) is 0 Å². The maximum absolute atomic E-state index is 13.6. The summed E-state index contributed by atoms with van der Waals surface area (Å²) in [4.78, 5) is 24.7. The maximum Gasteiger partial charge on any atom is 0.236 e. The van der Waals surface area contributed by atoms with Crippen LogP contribution in [-0.2, 0) is 16.0 Å². The molecular formula is C15H18BrFN2O2. The Hall–Kier alpha value is -1.43. The molecule has 2 amide bonds. The zero-order valence-corrected chi connectivity index (χ0v) is 13.2. The van der Waals surface area contributed by atoms with Crippen molar-refractivity contribution in [1.82, 2.24) is 4.90 Å². The van der Waals surface area contributed by atoms with Crippen LogP contribution in [0.4, 0.5) is 4.39 Å². The molecule has 0 aromatic heterocycles. The first-order chi connectivity index (χ1) is 9.99. The Morgan fingerprint density at radius 2 is 1.95 bits per heavy atom. The summed E-state index contributed by atoms with van der Waals surface area (Å²) in [6, 6.07) is 6.44. The number of rotatable bonds is 4. The fourth-order valence-corrected chi connectivity index (χ4v) is 3.17. The highest BCUT2D eigenvalue weighted by Crippen LogP contribution is 2.21. The first-order valence-electron chi connectivity index (χ1n) is 6.94. The molecular weight excluding hydrogens is 339 g/mol. The molecule has 21 heavy (non-hydrogen) atoms. The summed E-state index contributed by atoms with van der Waals surface area (Å²) in [5.74, 6) is -0.818. The topological polar surface area (TPSA) is 63.4 Å². The third kappa shape index (κ3) is 4.03. The second-order valence-corrected chi connectivity index (χ2v) is 6.37. The van der Waals surface area contributed by atoms with Gasteiger partial charge in [0.1, 0.15) is 5.82 Å². The second-order valence-electron chi connectivity index (χ2n) is 5.26. The highest BCUT2D eigenvalue weighted by Gasteiger charge is 2.29. The molecule has 1 aromatic rings. The number of nitrogens with two attached hydrogens (primary N) is 1. The van der Waals surface area contributed by atoms with E-state index in [1.165, 1.54) is 6.07 Å². The molecule has 0 saturated carbocycles. The van der Waals surface area contributed by atoms with Crippen LogP contribution >= 0.6 is 15.9 Å². The number of amides is 2. The smallest absolute Gasteiger partial charge is 0.236 e. The van der Waals surface area contributed by atoms with Crippen LogP contribution in [0.2, 0.25) is 0 Å². The summed E-state index contributed by atoms with van der Waals surface area (Å²) in [6.45, 7) is 1.04. The van der Waals surface area contributed by atoms with Gasteiger partial charge in [0.05, 0.1) is 4.83 Å². The van der Waals surface area contributed by atoms with E-state index in [2.05, 4.69) is 15.9 Å². The van der Waals surface area contributed by atoms with Gasteiger partial charge in [-0.2, -0.15) is 0 Å². The lowest BCUT2D eigenvalue weighted by molar-refractivity contribution is -0.134. The van der Waals surface area contributed by atoms with Crippen molar-refractivity contribution in [3.8, 4) is 0 Å². The second kappa shape index (κ2) is 7.02. The van der Waals surface area contributed by atoms with E-state index in [1.54, 1.807) is 23.1 Å². The lowest BCUT2D eigenvalue weighted by Crippen LogP contribution is -2.44. The Morgan fingerprint density at radius 1 is 1.33 bits per heavy atom. The normalized spacial score (nSPS) is 17.5. The van der Waals surface area contributed by atoms with Gasteiger partial charge < -0.3 is 10.6 Å². The van der Waals surface area contributed by atoms with E-state index >= 15 is 0 Å². The van der Waals surface area contributed by atoms with Crippen molar-refractivity contribution < 1.29 is 14.0 Å². The van der Waals surface area contributed by atoms with Crippen molar-refractivity contribution in [2.45, 2.75) is 24.1 Å². The third-order valence-electron chi connectivity index (χ3n) is 3.83. The van der Waals surface area contributed by atoms with E-state index in [0.717, 1.165) is 0 Å².